The molecule has 30 heavy (non-hydrogen) atoms. The van der Waals surface area contributed by atoms with Gasteiger partial charge in [0.05, 0.1) is 0 Å². The van der Waals surface area contributed by atoms with Gasteiger partial charge in [0.25, 0.3) is 0 Å². The maximum Gasteiger partial charge on any atom is 0.178 e. The van der Waals surface area contributed by atoms with Gasteiger partial charge in [-0.1, -0.05) is 36.4 Å². The quantitative estimate of drug-likeness (QED) is 0.271. The summed E-state index contributed by atoms with van der Waals surface area (Å²) >= 11 is 0. The van der Waals surface area contributed by atoms with E-state index >= 15 is 0 Å². The van der Waals surface area contributed by atoms with Crippen LogP contribution in [0.3, 0.4) is 0 Å². The third kappa shape index (κ3) is 7.09. The fourth-order valence-corrected chi connectivity index (χ4v) is 4.22. The Bertz CT molecular complexity index is 826. The van der Waals surface area contributed by atoms with Crippen LogP contribution in [0.4, 0.5) is 0 Å². The SMILES string of the molecule is Cc1cccc[n+]1CCCCCc1ccccc1CCCCC[n+]1ccccc1C. The minimum absolute atomic E-state index is 1.13. The van der Waals surface area contributed by atoms with E-state index in [-0.39, 0.29) is 0 Å². The molecule has 0 saturated carbocycles. The second kappa shape index (κ2) is 12.3. The lowest BCUT2D eigenvalue weighted by atomic mass is 9.97. The van der Waals surface area contributed by atoms with Crippen molar-refractivity contribution >= 4 is 0 Å². The van der Waals surface area contributed by atoms with Gasteiger partial charge in [0.15, 0.2) is 23.8 Å². The lowest BCUT2D eigenvalue weighted by Gasteiger charge is -2.09. The van der Waals surface area contributed by atoms with Crippen LogP contribution in [0.15, 0.2) is 73.1 Å². The molecule has 0 unspecified atom stereocenters. The minimum Gasteiger partial charge on any atom is -0.203 e. The molecule has 0 fully saturated rings. The average Bonchev–Trinajstić information content (AvgIpc) is 2.76. The van der Waals surface area contributed by atoms with Crippen molar-refractivity contribution < 1.29 is 9.13 Å². The van der Waals surface area contributed by atoms with Gasteiger partial charge in [-0.05, 0) is 49.7 Å². The van der Waals surface area contributed by atoms with Crippen LogP contribution in [-0.4, -0.2) is 0 Å². The van der Waals surface area contributed by atoms with Crippen LogP contribution in [0.25, 0.3) is 0 Å². The third-order valence-electron chi connectivity index (χ3n) is 6.14. The molecule has 0 bridgehead atoms. The molecule has 1 aromatic carbocycles. The number of benzene rings is 1. The molecular formula is C28H38N2+2. The summed E-state index contributed by atoms with van der Waals surface area (Å²) in [5.74, 6) is 0. The topological polar surface area (TPSA) is 7.76 Å². The van der Waals surface area contributed by atoms with Crippen molar-refractivity contribution in [1.29, 1.82) is 0 Å². The minimum atomic E-state index is 1.13. The van der Waals surface area contributed by atoms with Crippen molar-refractivity contribution in [2.45, 2.75) is 78.3 Å². The van der Waals surface area contributed by atoms with Crippen LogP contribution in [0.5, 0.6) is 0 Å². The number of hydrogen-bond acceptors (Lipinski definition) is 0. The zero-order valence-electron chi connectivity index (χ0n) is 18.9. The molecule has 158 valence electrons. The highest BCUT2D eigenvalue weighted by Crippen LogP contribution is 2.16. The molecule has 2 heterocycles. The smallest absolute Gasteiger partial charge is 0.178 e. The average molecular weight is 403 g/mol. The second-order valence-corrected chi connectivity index (χ2v) is 8.46. The van der Waals surface area contributed by atoms with Crippen molar-refractivity contribution in [2.75, 3.05) is 0 Å². The number of hydrogen-bond donors (Lipinski definition) is 0. The monoisotopic (exact) mass is 402 g/mol. The van der Waals surface area contributed by atoms with E-state index < -0.39 is 0 Å². The summed E-state index contributed by atoms with van der Waals surface area (Å²) in [5.41, 5.74) is 5.83. The molecule has 3 rings (SSSR count). The predicted molar refractivity (Wildman–Crippen MR) is 124 cm³/mol. The fourth-order valence-electron chi connectivity index (χ4n) is 4.22. The summed E-state index contributed by atoms with van der Waals surface area (Å²) in [6, 6.07) is 22.0. The first-order valence-corrected chi connectivity index (χ1v) is 11.7. The molecule has 2 nitrogen and oxygen atoms in total. The summed E-state index contributed by atoms with van der Waals surface area (Å²) < 4.78 is 4.73. The zero-order chi connectivity index (χ0) is 21.0. The molecule has 0 spiro atoms. The molecule has 0 aliphatic heterocycles. The lowest BCUT2D eigenvalue weighted by Crippen LogP contribution is -2.36. The first-order chi connectivity index (χ1) is 14.7. The van der Waals surface area contributed by atoms with Gasteiger partial charge in [0.1, 0.15) is 13.1 Å². The Morgan fingerprint density at radius 2 is 0.933 bits per heavy atom. The van der Waals surface area contributed by atoms with E-state index in [9.17, 15) is 0 Å². The number of aromatic nitrogens is 2. The van der Waals surface area contributed by atoms with Crippen LogP contribution in [0, 0.1) is 13.8 Å². The predicted octanol–water partition coefficient (Wildman–Crippen LogP) is 5.70. The molecule has 0 aliphatic carbocycles. The summed E-state index contributed by atoms with van der Waals surface area (Å²) in [7, 11) is 0. The number of pyridine rings is 2. The number of aryl methyl sites for hydroxylation is 6. The zero-order valence-corrected chi connectivity index (χ0v) is 18.9. The number of rotatable bonds is 12. The molecule has 0 N–H and O–H groups in total. The Morgan fingerprint density at radius 1 is 0.500 bits per heavy atom. The van der Waals surface area contributed by atoms with E-state index in [2.05, 4.69) is 96.0 Å². The summed E-state index contributed by atoms with van der Waals surface area (Å²) in [4.78, 5) is 0. The molecule has 0 aliphatic rings. The third-order valence-corrected chi connectivity index (χ3v) is 6.14. The Balaban J connectivity index is 1.35. The van der Waals surface area contributed by atoms with Crippen molar-refractivity contribution in [3.05, 3.63) is 95.6 Å². The van der Waals surface area contributed by atoms with Gasteiger partial charge in [0.2, 0.25) is 0 Å². The van der Waals surface area contributed by atoms with Gasteiger partial charge >= 0.3 is 0 Å². The Kier molecular flexibility index (Phi) is 9.08. The van der Waals surface area contributed by atoms with E-state index in [1.807, 2.05) is 0 Å². The van der Waals surface area contributed by atoms with Gasteiger partial charge in [-0.25, -0.2) is 9.13 Å². The van der Waals surface area contributed by atoms with Gasteiger partial charge in [-0.15, -0.1) is 0 Å². The molecule has 2 heteroatoms. The maximum atomic E-state index is 2.36. The summed E-state index contributed by atoms with van der Waals surface area (Å²) in [6.07, 6.45) is 14.5. The highest BCUT2D eigenvalue weighted by molar-refractivity contribution is 5.27. The molecule has 3 aromatic rings. The molecule has 0 atom stereocenters. The second-order valence-electron chi connectivity index (χ2n) is 8.46. The molecular weight excluding hydrogens is 364 g/mol. The van der Waals surface area contributed by atoms with Crippen LogP contribution in [-0.2, 0) is 25.9 Å². The van der Waals surface area contributed by atoms with Crippen LogP contribution >= 0.6 is 0 Å². The largest absolute Gasteiger partial charge is 0.203 e. The summed E-state index contributed by atoms with van der Waals surface area (Å²) in [5, 5.41) is 0. The summed E-state index contributed by atoms with van der Waals surface area (Å²) in [6.45, 7) is 6.65. The molecule has 0 amide bonds. The fraction of sp³-hybridized carbons (Fsp3) is 0.429. The van der Waals surface area contributed by atoms with Gasteiger partial charge < -0.3 is 0 Å². The molecule has 2 aromatic heterocycles. The standard InChI is InChI=1S/C28H38N2/c1-25-15-9-13-23-29(25)21-11-3-5-17-27-19-7-8-20-28(27)18-6-4-12-22-30-24-14-10-16-26(30)2/h7-10,13-16,19-20,23-24H,3-6,11-12,17-18,21-22H2,1-2H3/q+2. The Hall–Kier alpha value is -2.48. The van der Waals surface area contributed by atoms with E-state index in [1.54, 1.807) is 11.1 Å². The first kappa shape index (κ1) is 22.2. The maximum absolute atomic E-state index is 2.36. The Labute approximate surface area is 183 Å². The number of unbranched alkanes of at least 4 members (excludes halogenated alkanes) is 4. The van der Waals surface area contributed by atoms with Gasteiger partial charge in [-0.3, -0.25) is 0 Å². The van der Waals surface area contributed by atoms with E-state index in [4.69, 9.17) is 0 Å². The van der Waals surface area contributed by atoms with Gasteiger partial charge in [0, 0.05) is 51.0 Å². The van der Waals surface area contributed by atoms with Crippen LogP contribution in [0.2, 0.25) is 0 Å². The van der Waals surface area contributed by atoms with E-state index in [0.717, 1.165) is 13.1 Å². The lowest BCUT2D eigenvalue weighted by molar-refractivity contribution is -0.703. The van der Waals surface area contributed by atoms with Crippen molar-refractivity contribution in [2.24, 2.45) is 0 Å². The first-order valence-electron chi connectivity index (χ1n) is 11.7. The van der Waals surface area contributed by atoms with Crippen LogP contribution in [0.1, 0.15) is 61.0 Å². The molecule has 0 saturated heterocycles. The highest BCUT2D eigenvalue weighted by atomic mass is 14.9. The molecule has 0 radical (unpaired) electrons. The van der Waals surface area contributed by atoms with E-state index in [1.165, 1.54) is 62.8 Å². The Morgan fingerprint density at radius 3 is 1.37 bits per heavy atom. The highest BCUT2D eigenvalue weighted by Gasteiger charge is 2.06. The van der Waals surface area contributed by atoms with Crippen molar-refractivity contribution in [3.63, 3.8) is 0 Å². The van der Waals surface area contributed by atoms with Crippen molar-refractivity contribution in [1.82, 2.24) is 0 Å². The normalized spacial score (nSPS) is 11.0. The number of nitrogens with zero attached hydrogens (tertiary/aromatic N) is 2. The van der Waals surface area contributed by atoms with Gasteiger partial charge in [-0.2, -0.15) is 0 Å². The van der Waals surface area contributed by atoms with E-state index in [0.29, 0.717) is 0 Å². The van der Waals surface area contributed by atoms with Crippen molar-refractivity contribution in [3.8, 4) is 0 Å². The van der Waals surface area contributed by atoms with Crippen LogP contribution < -0.4 is 9.13 Å².